The summed E-state index contributed by atoms with van der Waals surface area (Å²) in [5.74, 6) is 2.50. The van der Waals surface area contributed by atoms with Crippen LogP contribution in [0.3, 0.4) is 0 Å². The third kappa shape index (κ3) is 2.37. The Balaban J connectivity index is 1.68. The largest absolute Gasteiger partial charge is 0.488 e. The minimum atomic E-state index is 0.0287. The fraction of sp³-hybridized carbons (Fsp3) is 0.167. The smallest absolute Gasteiger partial charge is 0.215 e. The fourth-order valence-corrected chi connectivity index (χ4v) is 4.46. The lowest BCUT2D eigenvalue weighted by atomic mass is 10.00. The van der Waals surface area contributed by atoms with Gasteiger partial charge in [-0.05, 0) is 43.7 Å². The molecule has 148 valence electrons. The Morgan fingerprint density at radius 2 is 1.77 bits per heavy atom. The van der Waals surface area contributed by atoms with E-state index in [1.165, 1.54) is 5.56 Å². The molecule has 0 saturated heterocycles. The molecule has 6 heteroatoms. The maximum absolute atomic E-state index is 6.42. The van der Waals surface area contributed by atoms with Crippen molar-refractivity contribution in [2.75, 3.05) is 6.61 Å². The van der Waals surface area contributed by atoms with E-state index in [2.05, 4.69) is 50.7 Å². The molecule has 2 aromatic carbocycles. The number of imidazole rings is 1. The zero-order chi connectivity index (χ0) is 20.2. The maximum atomic E-state index is 6.42. The van der Waals surface area contributed by atoms with Crippen LogP contribution in [0, 0.1) is 13.8 Å². The first-order chi connectivity index (χ1) is 14.7. The van der Waals surface area contributed by atoms with Gasteiger partial charge in [-0.2, -0.15) is 0 Å². The molecule has 5 aromatic rings. The summed E-state index contributed by atoms with van der Waals surface area (Å²) in [7, 11) is 0. The number of aryl methyl sites for hydroxylation is 2. The molecule has 0 spiro atoms. The number of hydrogen-bond acceptors (Lipinski definition) is 4. The summed E-state index contributed by atoms with van der Waals surface area (Å²) in [5.41, 5.74) is 5.93. The third-order valence-electron chi connectivity index (χ3n) is 5.81. The molecule has 6 nitrogen and oxygen atoms in total. The third-order valence-corrected chi connectivity index (χ3v) is 5.81. The predicted octanol–water partition coefficient (Wildman–Crippen LogP) is 5.08. The molecule has 0 bridgehead atoms. The Morgan fingerprint density at radius 1 is 0.967 bits per heavy atom. The zero-order valence-electron chi connectivity index (χ0n) is 16.7. The van der Waals surface area contributed by atoms with E-state index in [0.29, 0.717) is 6.61 Å². The van der Waals surface area contributed by atoms with Crippen LogP contribution in [0.1, 0.15) is 23.1 Å². The van der Waals surface area contributed by atoms with Gasteiger partial charge < -0.3 is 9.26 Å². The summed E-state index contributed by atoms with van der Waals surface area (Å²) in [6.45, 7) is 4.42. The molecule has 0 radical (unpaired) electrons. The van der Waals surface area contributed by atoms with Crippen LogP contribution in [0.25, 0.3) is 28.1 Å². The summed E-state index contributed by atoms with van der Waals surface area (Å²) < 4.78 is 16.2. The van der Waals surface area contributed by atoms with Gasteiger partial charge >= 0.3 is 0 Å². The van der Waals surface area contributed by atoms with E-state index in [1.54, 1.807) is 0 Å². The number of rotatable bonds is 3. The molecule has 0 aliphatic carbocycles. The van der Waals surface area contributed by atoms with E-state index in [-0.39, 0.29) is 6.04 Å². The van der Waals surface area contributed by atoms with Gasteiger partial charge in [-0.25, -0.2) is 4.98 Å². The second-order valence-corrected chi connectivity index (χ2v) is 7.62. The highest BCUT2D eigenvalue weighted by Gasteiger charge is 2.31. The number of ether oxygens (including phenoxy) is 1. The highest BCUT2D eigenvalue weighted by atomic mass is 16.5. The lowest BCUT2D eigenvalue weighted by Gasteiger charge is -2.29. The van der Waals surface area contributed by atoms with Gasteiger partial charge in [0.15, 0.2) is 5.75 Å². The Kier molecular flexibility index (Phi) is 3.62. The first-order valence-corrected chi connectivity index (χ1v) is 10.0. The van der Waals surface area contributed by atoms with Crippen molar-refractivity contribution in [3.05, 3.63) is 84.0 Å². The van der Waals surface area contributed by atoms with Crippen molar-refractivity contribution in [3.63, 3.8) is 0 Å². The summed E-state index contributed by atoms with van der Waals surface area (Å²) in [6.07, 6.45) is 4.05. The average molecular weight is 396 g/mol. The molecule has 4 heterocycles. The lowest BCUT2D eigenvalue weighted by Crippen LogP contribution is -2.25. The van der Waals surface area contributed by atoms with Crippen LogP contribution in [0.2, 0.25) is 0 Å². The quantitative estimate of drug-likeness (QED) is 0.427. The van der Waals surface area contributed by atoms with E-state index in [0.717, 1.165) is 45.3 Å². The molecule has 1 aliphatic heterocycles. The van der Waals surface area contributed by atoms with Gasteiger partial charge in [0, 0.05) is 18.0 Å². The van der Waals surface area contributed by atoms with Crippen LogP contribution >= 0.6 is 0 Å². The minimum absolute atomic E-state index is 0.0287. The number of benzene rings is 2. The van der Waals surface area contributed by atoms with Gasteiger partial charge in [-0.15, -0.1) is 0 Å². The molecular weight excluding hydrogens is 376 g/mol. The van der Waals surface area contributed by atoms with E-state index < -0.39 is 0 Å². The van der Waals surface area contributed by atoms with Gasteiger partial charge in [-0.3, -0.25) is 9.13 Å². The molecule has 0 amide bonds. The van der Waals surface area contributed by atoms with Crippen molar-refractivity contribution in [1.29, 1.82) is 0 Å². The van der Waals surface area contributed by atoms with Gasteiger partial charge in [0.25, 0.3) is 0 Å². The second-order valence-electron chi connectivity index (χ2n) is 7.62. The van der Waals surface area contributed by atoms with E-state index in [4.69, 9.17) is 14.2 Å². The average Bonchev–Trinajstić information content (AvgIpc) is 3.50. The number of hydrogen-bond donors (Lipinski definition) is 0. The molecule has 0 N–H and O–H groups in total. The van der Waals surface area contributed by atoms with Crippen LogP contribution in [-0.2, 0) is 0 Å². The molecule has 0 saturated carbocycles. The summed E-state index contributed by atoms with van der Waals surface area (Å²) >= 11 is 0. The van der Waals surface area contributed by atoms with Crippen molar-refractivity contribution in [3.8, 4) is 22.8 Å². The van der Waals surface area contributed by atoms with Crippen molar-refractivity contribution in [1.82, 2.24) is 19.3 Å². The first kappa shape index (κ1) is 17.1. The molecule has 1 unspecified atom stereocenters. The summed E-state index contributed by atoms with van der Waals surface area (Å²) in [6, 6.07) is 18.6. The van der Waals surface area contributed by atoms with E-state index in [1.807, 2.05) is 44.4 Å². The fourth-order valence-electron chi connectivity index (χ4n) is 4.46. The Bertz CT molecular complexity index is 1340. The van der Waals surface area contributed by atoms with E-state index in [9.17, 15) is 0 Å². The Hall–Kier alpha value is -3.80. The van der Waals surface area contributed by atoms with Crippen molar-refractivity contribution in [2.24, 2.45) is 0 Å². The normalized spacial score (nSPS) is 15.5. The topological polar surface area (TPSA) is 58.0 Å². The van der Waals surface area contributed by atoms with Crippen LogP contribution in [0.15, 0.2) is 71.5 Å². The Labute approximate surface area is 173 Å². The summed E-state index contributed by atoms with van der Waals surface area (Å²) in [4.78, 5) is 4.98. The van der Waals surface area contributed by atoms with Gasteiger partial charge in [0.1, 0.15) is 17.9 Å². The predicted molar refractivity (Wildman–Crippen MR) is 114 cm³/mol. The highest BCUT2D eigenvalue weighted by Crippen LogP contribution is 2.45. The molecule has 30 heavy (non-hydrogen) atoms. The molecule has 6 rings (SSSR count). The van der Waals surface area contributed by atoms with Gasteiger partial charge in [-0.1, -0.05) is 35.5 Å². The van der Waals surface area contributed by atoms with Crippen LogP contribution < -0.4 is 4.74 Å². The first-order valence-electron chi connectivity index (χ1n) is 10.0. The second kappa shape index (κ2) is 6.35. The molecule has 1 atom stereocenters. The molecule has 3 aromatic heterocycles. The van der Waals surface area contributed by atoms with Crippen LogP contribution in [0.4, 0.5) is 0 Å². The van der Waals surface area contributed by atoms with Crippen LogP contribution in [0.5, 0.6) is 5.75 Å². The van der Waals surface area contributed by atoms with Crippen molar-refractivity contribution in [2.45, 2.75) is 19.9 Å². The number of aromatic nitrogens is 4. The number of nitrogens with zero attached hydrogens (tertiary/aromatic N) is 4. The van der Waals surface area contributed by atoms with Gasteiger partial charge in [0.2, 0.25) is 5.95 Å². The molecule has 1 aliphatic rings. The van der Waals surface area contributed by atoms with E-state index >= 15 is 0 Å². The molecule has 0 fully saturated rings. The standard InChI is InChI=1S/C24H20N4O2/c1-15-21(16(2)30-26-15)18-10-11-19-22-23(18)29-14-20(17-8-4-3-5-9-17)28(22)24(25-19)27-12-6-7-13-27/h3-13,20H,14H2,1-2H3. The van der Waals surface area contributed by atoms with Crippen LogP contribution in [-0.4, -0.2) is 25.9 Å². The SMILES string of the molecule is Cc1noc(C)c1-c1ccc2nc(-n3cccc3)n3c2c1OCC3c1ccccc1. The zero-order valence-corrected chi connectivity index (χ0v) is 16.7. The monoisotopic (exact) mass is 396 g/mol. The van der Waals surface area contributed by atoms with Crippen molar-refractivity contribution < 1.29 is 9.26 Å². The Morgan fingerprint density at radius 3 is 2.50 bits per heavy atom. The minimum Gasteiger partial charge on any atom is -0.488 e. The van der Waals surface area contributed by atoms with Crippen molar-refractivity contribution >= 4 is 11.0 Å². The molecular formula is C24H20N4O2. The maximum Gasteiger partial charge on any atom is 0.215 e. The van der Waals surface area contributed by atoms with Gasteiger partial charge in [0.05, 0.1) is 22.8 Å². The lowest BCUT2D eigenvalue weighted by molar-refractivity contribution is 0.259. The highest BCUT2D eigenvalue weighted by molar-refractivity contribution is 5.93. The summed E-state index contributed by atoms with van der Waals surface area (Å²) in [5, 5.41) is 4.14.